The Morgan fingerprint density at radius 3 is 1.52 bits per heavy atom. The third kappa shape index (κ3) is 6.34. The molecule has 0 saturated carbocycles. The molecule has 0 fully saturated rings. The lowest BCUT2D eigenvalue weighted by atomic mass is 9.86. The zero-order valence-electron chi connectivity index (χ0n) is 35.9. The van der Waals surface area contributed by atoms with E-state index in [4.69, 9.17) is 0 Å². The van der Waals surface area contributed by atoms with Gasteiger partial charge in [0, 0.05) is 70.9 Å². The van der Waals surface area contributed by atoms with Crippen molar-refractivity contribution in [2.75, 3.05) is 14.7 Å². The summed E-state index contributed by atoms with van der Waals surface area (Å²) in [6, 6.07) is 90.7. The number of hydrogen-bond donors (Lipinski definition) is 0. The minimum Gasteiger partial charge on any atom is -0.311 e. The Labute approximate surface area is 387 Å². The first-order chi connectivity index (χ1) is 32.7. The van der Waals surface area contributed by atoms with Crippen LogP contribution < -0.4 is 14.7 Å². The first kappa shape index (κ1) is 38.1. The van der Waals surface area contributed by atoms with Crippen molar-refractivity contribution in [2.24, 2.45) is 0 Å². The molecule has 1 aliphatic rings. The zero-order chi connectivity index (χ0) is 43.6. The highest BCUT2D eigenvalue weighted by molar-refractivity contribution is 7.25. The summed E-state index contributed by atoms with van der Waals surface area (Å²) in [7, 11) is 0. The number of benzene rings is 11. The molecule has 12 aromatic rings. The Bertz CT molecular complexity index is 3710. The Balaban J connectivity index is 0.932. The molecule has 0 saturated heterocycles. The highest BCUT2D eigenvalue weighted by Crippen LogP contribution is 2.54. The van der Waals surface area contributed by atoms with Gasteiger partial charge in [0.05, 0.1) is 11.4 Å². The van der Waals surface area contributed by atoms with Crippen LogP contribution in [0.2, 0.25) is 0 Å². The van der Waals surface area contributed by atoms with Gasteiger partial charge in [0.1, 0.15) is 0 Å². The van der Waals surface area contributed by atoms with E-state index >= 15 is 0 Å². The van der Waals surface area contributed by atoms with Gasteiger partial charge in [-0.15, -0.1) is 11.3 Å². The second-order valence-corrected chi connectivity index (χ2v) is 18.0. The van der Waals surface area contributed by atoms with Gasteiger partial charge in [0.2, 0.25) is 0 Å². The lowest BCUT2D eigenvalue weighted by Crippen LogP contribution is -2.16. The predicted molar refractivity (Wildman–Crippen MR) is 283 cm³/mol. The molecule has 3 nitrogen and oxygen atoms in total. The fourth-order valence-electron chi connectivity index (χ4n) is 10.1. The second kappa shape index (κ2) is 15.7. The third-order valence-corrected chi connectivity index (χ3v) is 14.3. The molecule has 4 heteroatoms. The van der Waals surface area contributed by atoms with Crippen LogP contribution in [0.4, 0.5) is 51.2 Å². The summed E-state index contributed by atoms with van der Waals surface area (Å²) in [6.07, 6.45) is 0. The molecule has 0 radical (unpaired) electrons. The topological polar surface area (TPSA) is 9.72 Å². The standard InChI is InChI=1S/C62H41N3S/c1-4-17-45(18-5-1)63(46-19-6-2-7-20-46)49-31-33-50(34-32-49)65-58-37-36-52(54-24-14-25-55(62(54)58)56-39-43-15-10-11-16-44(43)40-59(56)65)42-27-29-48(30-28-42)64(47-21-8-3-9-22-47)51-35-38-61-57(41-51)53-23-12-13-26-60(53)66-61/h1-41H. The largest absolute Gasteiger partial charge is 0.311 e. The first-order valence-electron chi connectivity index (χ1n) is 22.5. The summed E-state index contributed by atoms with van der Waals surface area (Å²) >= 11 is 1.85. The van der Waals surface area contributed by atoms with Gasteiger partial charge < -0.3 is 14.7 Å². The van der Waals surface area contributed by atoms with E-state index in [1.807, 2.05) is 11.3 Å². The third-order valence-electron chi connectivity index (χ3n) is 13.1. The van der Waals surface area contributed by atoms with Crippen LogP contribution in [-0.2, 0) is 0 Å². The average Bonchev–Trinajstić information content (AvgIpc) is 3.76. The lowest BCUT2D eigenvalue weighted by Gasteiger charge is -2.35. The first-order valence-corrected chi connectivity index (χ1v) is 23.3. The number of para-hydroxylation sites is 3. The van der Waals surface area contributed by atoms with Crippen LogP contribution in [0.3, 0.4) is 0 Å². The maximum absolute atomic E-state index is 2.47. The Hall–Kier alpha value is -8.44. The quantitative estimate of drug-likeness (QED) is 0.151. The molecule has 310 valence electrons. The van der Waals surface area contributed by atoms with Gasteiger partial charge in [-0.25, -0.2) is 0 Å². The number of nitrogens with zero attached hydrogens (tertiary/aromatic N) is 3. The molecule has 13 rings (SSSR count). The van der Waals surface area contributed by atoms with Gasteiger partial charge in [0.25, 0.3) is 0 Å². The maximum Gasteiger partial charge on any atom is 0.0547 e. The van der Waals surface area contributed by atoms with E-state index in [2.05, 4.69) is 263 Å². The summed E-state index contributed by atoms with van der Waals surface area (Å²) in [6.45, 7) is 0. The van der Waals surface area contributed by atoms with E-state index in [-0.39, 0.29) is 0 Å². The number of thiophene rings is 1. The zero-order valence-corrected chi connectivity index (χ0v) is 36.7. The molecule has 0 spiro atoms. The van der Waals surface area contributed by atoms with Crippen molar-refractivity contribution >= 4 is 104 Å². The number of hydrogen-bond acceptors (Lipinski definition) is 4. The summed E-state index contributed by atoms with van der Waals surface area (Å²) in [4.78, 5) is 7.16. The van der Waals surface area contributed by atoms with Gasteiger partial charge >= 0.3 is 0 Å². The van der Waals surface area contributed by atoms with E-state index in [0.717, 1.165) is 39.8 Å². The fraction of sp³-hybridized carbons (Fsp3) is 0. The Morgan fingerprint density at radius 1 is 0.303 bits per heavy atom. The number of rotatable bonds is 8. The molecule has 0 unspecified atom stereocenters. The van der Waals surface area contributed by atoms with Gasteiger partial charge in [-0.1, -0.05) is 133 Å². The van der Waals surface area contributed by atoms with Gasteiger partial charge in [-0.2, -0.15) is 0 Å². The van der Waals surface area contributed by atoms with Crippen molar-refractivity contribution in [1.82, 2.24) is 0 Å². The van der Waals surface area contributed by atoms with E-state index in [1.54, 1.807) is 0 Å². The molecular formula is C62H41N3S. The minimum absolute atomic E-state index is 1.10. The van der Waals surface area contributed by atoms with Gasteiger partial charge in [-0.3, -0.25) is 0 Å². The minimum atomic E-state index is 1.10. The van der Waals surface area contributed by atoms with E-state index in [1.165, 1.54) is 75.3 Å². The smallest absolute Gasteiger partial charge is 0.0547 e. The molecule has 11 aromatic carbocycles. The van der Waals surface area contributed by atoms with Crippen molar-refractivity contribution in [2.45, 2.75) is 0 Å². The van der Waals surface area contributed by atoms with E-state index < -0.39 is 0 Å². The van der Waals surface area contributed by atoms with Crippen molar-refractivity contribution in [3.05, 3.63) is 249 Å². The summed E-state index contributed by atoms with van der Waals surface area (Å²) < 4.78 is 2.61. The highest BCUT2D eigenvalue weighted by Gasteiger charge is 2.28. The Kier molecular flexibility index (Phi) is 9.03. The summed E-state index contributed by atoms with van der Waals surface area (Å²) in [5, 5.41) is 7.52. The van der Waals surface area contributed by atoms with Crippen LogP contribution in [0.1, 0.15) is 0 Å². The van der Waals surface area contributed by atoms with Gasteiger partial charge in [0.15, 0.2) is 0 Å². The van der Waals surface area contributed by atoms with Gasteiger partial charge in [-0.05, 0) is 148 Å². The molecule has 1 aliphatic heterocycles. The monoisotopic (exact) mass is 859 g/mol. The molecule has 0 atom stereocenters. The van der Waals surface area contributed by atoms with Crippen molar-refractivity contribution < 1.29 is 0 Å². The lowest BCUT2D eigenvalue weighted by molar-refractivity contribution is 1.26. The van der Waals surface area contributed by atoms with Crippen LogP contribution in [-0.4, -0.2) is 0 Å². The summed E-state index contributed by atoms with van der Waals surface area (Å²) in [5.41, 5.74) is 15.0. The molecule has 0 amide bonds. The van der Waals surface area contributed by atoms with Crippen LogP contribution in [0.5, 0.6) is 0 Å². The van der Waals surface area contributed by atoms with E-state index in [9.17, 15) is 0 Å². The maximum atomic E-state index is 2.47. The molecular weight excluding hydrogens is 819 g/mol. The van der Waals surface area contributed by atoms with E-state index in [0.29, 0.717) is 0 Å². The van der Waals surface area contributed by atoms with Crippen LogP contribution in [0.15, 0.2) is 249 Å². The Morgan fingerprint density at radius 2 is 0.833 bits per heavy atom. The van der Waals surface area contributed by atoms with Crippen LogP contribution >= 0.6 is 11.3 Å². The predicted octanol–water partition coefficient (Wildman–Crippen LogP) is 18.4. The van der Waals surface area contributed by atoms with Crippen LogP contribution in [0.25, 0.3) is 64.0 Å². The molecule has 0 N–H and O–H groups in total. The molecule has 0 bridgehead atoms. The molecule has 1 aromatic heterocycles. The number of fused-ring (bicyclic) bond motifs is 6. The normalized spacial score (nSPS) is 11.9. The molecule has 66 heavy (non-hydrogen) atoms. The highest BCUT2D eigenvalue weighted by atomic mass is 32.1. The van der Waals surface area contributed by atoms with Crippen molar-refractivity contribution in [3.63, 3.8) is 0 Å². The fourth-order valence-corrected chi connectivity index (χ4v) is 11.2. The van der Waals surface area contributed by atoms with Crippen LogP contribution in [0, 0.1) is 0 Å². The molecule has 2 heterocycles. The summed E-state index contributed by atoms with van der Waals surface area (Å²) in [5.74, 6) is 0. The SMILES string of the molecule is c1ccc(N(c2ccccc2)c2ccc(N3c4cc5ccccc5cc4-c4cccc5c(-c6ccc(N(c7ccccc7)c7ccc8sc9ccccc9c8c7)cc6)ccc3c45)cc2)cc1. The van der Waals surface area contributed by atoms with Crippen molar-refractivity contribution in [1.29, 1.82) is 0 Å². The average molecular weight is 860 g/mol. The second-order valence-electron chi connectivity index (χ2n) is 16.9. The van der Waals surface area contributed by atoms with Crippen molar-refractivity contribution in [3.8, 4) is 22.3 Å². The number of anilines is 9. The molecule has 0 aliphatic carbocycles.